The van der Waals surface area contributed by atoms with Gasteiger partial charge in [0.25, 0.3) is 0 Å². The van der Waals surface area contributed by atoms with E-state index in [1.54, 1.807) is 12.1 Å². The number of fused-ring (bicyclic) bond motifs is 12. The molecule has 0 saturated carbocycles. The fraction of sp³-hybridized carbons (Fsp3) is 0. The van der Waals surface area contributed by atoms with E-state index < -0.39 is 9.84 Å². The summed E-state index contributed by atoms with van der Waals surface area (Å²) in [5.41, 5.74) is 0. The van der Waals surface area contributed by atoms with Gasteiger partial charge in [-0.2, -0.15) is 0 Å². The molecule has 39 heavy (non-hydrogen) atoms. The Bertz CT molecular complexity index is 2170. The van der Waals surface area contributed by atoms with Crippen molar-refractivity contribution in [1.82, 2.24) is 0 Å². The summed E-state index contributed by atoms with van der Waals surface area (Å²) in [5.74, 6) is 0. The van der Waals surface area contributed by atoms with E-state index in [1.807, 2.05) is 72.8 Å². The molecule has 0 heterocycles. The zero-order chi connectivity index (χ0) is 26.1. The van der Waals surface area contributed by atoms with Crippen molar-refractivity contribution < 1.29 is 8.42 Å². The molecule has 0 aliphatic rings. The minimum absolute atomic E-state index is 0.305. The van der Waals surface area contributed by atoms with E-state index in [0.29, 0.717) is 9.79 Å². The summed E-state index contributed by atoms with van der Waals surface area (Å²) in [5, 5.41) is 13.0. The molecule has 0 N–H and O–H groups in total. The highest BCUT2D eigenvalue weighted by molar-refractivity contribution is 7.91. The first-order valence-corrected chi connectivity index (χ1v) is 14.5. The second kappa shape index (κ2) is 8.13. The predicted octanol–water partition coefficient (Wildman–Crippen LogP) is 9.44. The summed E-state index contributed by atoms with van der Waals surface area (Å²) in [6.45, 7) is 0. The Labute approximate surface area is 225 Å². The zero-order valence-electron chi connectivity index (χ0n) is 20.9. The van der Waals surface area contributed by atoms with Crippen LogP contribution in [0.4, 0.5) is 0 Å². The predicted molar refractivity (Wildman–Crippen MR) is 163 cm³/mol. The van der Waals surface area contributed by atoms with Crippen LogP contribution in [-0.4, -0.2) is 8.42 Å². The maximum absolute atomic E-state index is 14.1. The molecule has 0 unspecified atom stereocenters. The highest BCUT2D eigenvalue weighted by atomic mass is 32.2. The van der Waals surface area contributed by atoms with Gasteiger partial charge in [-0.3, -0.25) is 0 Å². The van der Waals surface area contributed by atoms with Crippen LogP contribution < -0.4 is 0 Å². The van der Waals surface area contributed by atoms with Crippen molar-refractivity contribution in [1.29, 1.82) is 0 Å². The van der Waals surface area contributed by atoms with Gasteiger partial charge in [0.15, 0.2) is 0 Å². The third-order valence-corrected chi connectivity index (χ3v) is 9.80. The van der Waals surface area contributed by atoms with Gasteiger partial charge in [0.1, 0.15) is 0 Å². The monoisotopic (exact) mass is 518 g/mol. The Kier molecular flexibility index (Phi) is 4.64. The fourth-order valence-electron chi connectivity index (χ4n) is 6.24. The molecule has 8 rings (SSSR count). The molecule has 0 aromatic heterocycles. The maximum Gasteiger partial charge on any atom is 0.206 e. The van der Waals surface area contributed by atoms with Crippen LogP contribution in [0.25, 0.3) is 64.6 Å². The van der Waals surface area contributed by atoms with E-state index >= 15 is 0 Å². The molecule has 0 radical (unpaired) electrons. The van der Waals surface area contributed by atoms with Crippen molar-refractivity contribution in [2.24, 2.45) is 0 Å². The van der Waals surface area contributed by atoms with E-state index in [2.05, 4.69) is 48.5 Å². The van der Waals surface area contributed by atoms with Gasteiger partial charge >= 0.3 is 0 Å². The summed E-state index contributed by atoms with van der Waals surface area (Å²) >= 11 is 0. The van der Waals surface area contributed by atoms with Crippen LogP contribution in [-0.2, 0) is 9.84 Å². The standard InChI is InChI=1S/C36H22O2S/c37-39(38,23-17-19-33-29-13-3-1-9-25(29)27-11-5-7-15-31(27)35(33)21-23)24-18-20-34-30-14-4-2-10-26(30)28-12-6-8-16-32(28)36(34)22-24/h1-22H. The summed E-state index contributed by atoms with van der Waals surface area (Å²) in [6.07, 6.45) is 0. The van der Waals surface area contributed by atoms with Crippen molar-refractivity contribution >= 4 is 74.5 Å². The van der Waals surface area contributed by atoms with E-state index in [0.717, 1.165) is 53.9 Å². The zero-order valence-corrected chi connectivity index (χ0v) is 21.7. The van der Waals surface area contributed by atoms with E-state index in [4.69, 9.17) is 0 Å². The van der Waals surface area contributed by atoms with Gasteiger partial charge in [0.05, 0.1) is 9.79 Å². The highest BCUT2D eigenvalue weighted by Gasteiger charge is 2.21. The third kappa shape index (κ3) is 3.17. The minimum atomic E-state index is -3.77. The molecule has 8 aromatic rings. The van der Waals surface area contributed by atoms with Crippen molar-refractivity contribution in [3.8, 4) is 0 Å². The topological polar surface area (TPSA) is 34.1 Å². The molecular formula is C36H22O2S. The molecule has 3 heteroatoms. The Morgan fingerprint density at radius 2 is 0.513 bits per heavy atom. The van der Waals surface area contributed by atoms with Gasteiger partial charge in [-0.15, -0.1) is 0 Å². The van der Waals surface area contributed by atoms with Crippen LogP contribution in [0.1, 0.15) is 0 Å². The van der Waals surface area contributed by atoms with Crippen LogP contribution in [0.15, 0.2) is 143 Å². The number of benzene rings is 8. The van der Waals surface area contributed by atoms with Gasteiger partial charge in [-0.05, 0) is 88.9 Å². The Morgan fingerprint density at radius 3 is 0.795 bits per heavy atom. The van der Waals surface area contributed by atoms with Crippen molar-refractivity contribution in [3.63, 3.8) is 0 Å². The van der Waals surface area contributed by atoms with Gasteiger partial charge in [-0.25, -0.2) is 8.42 Å². The number of rotatable bonds is 2. The largest absolute Gasteiger partial charge is 0.219 e. The molecule has 0 fully saturated rings. The second-order valence-electron chi connectivity index (χ2n) is 10.1. The van der Waals surface area contributed by atoms with Crippen LogP contribution in [0.3, 0.4) is 0 Å². The average Bonchev–Trinajstić information content (AvgIpc) is 3.01. The normalized spacial score (nSPS) is 12.3. The second-order valence-corrected chi connectivity index (χ2v) is 12.1. The molecular weight excluding hydrogens is 496 g/mol. The van der Waals surface area contributed by atoms with Crippen molar-refractivity contribution in [2.45, 2.75) is 9.79 Å². The molecule has 8 aromatic carbocycles. The van der Waals surface area contributed by atoms with Crippen LogP contribution in [0, 0.1) is 0 Å². The molecule has 2 nitrogen and oxygen atoms in total. The SMILES string of the molecule is O=S(=O)(c1ccc2c3ccccc3c3ccccc3c2c1)c1ccc2c3ccccc3c3ccccc3c2c1. The van der Waals surface area contributed by atoms with Gasteiger partial charge in [0, 0.05) is 0 Å². The molecule has 0 amide bonds. The first kappa shape index (κ1) is 22.3. The van der Waals surface area contributed by atoms with Crippen molar-refractivity contribution in [2.75, 3.05) is 0 Å². The van der Waals surface area contributed by atoms with Crippen LogP contribution in [0.5, 0.6) is 0 Å². The van der Waals surface area contributed by atoms with Crippen LogP contribution >= 0.6 is 0 Å². The third-order valence-electron chi connectivity index (χ3n) is 8.05. The number of hydrogen-bond donors (Lipinski definition) is 0. The number of sulfone groups is 1. The van der Waals surface area contributed by atoms with Crippen molar-refractivity contribution in [3.05, 3.63) is 133 Å². The maximum atomic E-state index is 14.1. The lowest BCUT2D eigenvalue weighted by Crippen LogP contribution is -2.02. The molecule has 184 valence electrons. The van der Waals surface area contributed by atoms with E-state index in [9.17, 15) is 8.42 Å². The summed E-state index contributed by atoms with van der Waals surface area (Å²) < 4.78 is 28.2. The summed E-state index contributed by atoms with van der Waals surface area (Å²) in [7, 11) is -3.77. The molecule has 0 atom stereocenters. The lowest BCUT2D eigenvalue weighted by Gasteiger charge is -2.14. The lowest BCUT2D eigenvalue weighted by molar-refractivity contribution is 0.596. The minimum Gasteiger partial charge on any atom is -0.219 e. The first-order valence-electron chi connectivity index (χ1n) is 13.0. The van der Waals surface area contributed by atoms with Gasteiger partial charge in [0.2, 0.25) is 9.84 Å². The quantitative estimate of drug-likeness (QED) is 0.214. The molecule has 0 bridgehead atoms. The number of hydrogen-bond acceptors (Lipinski definition) is 2. The van der Waals surface area contributed by atoms with E-state index in [-0.39, 0.29) is 0 Å². The molecule has 0 aliphatic carbocycles. The Hall–Kier alpha value is -4.73. The fourth-order valence-corrected chi connectivity index (χ4v) is 7.56. The molecule has 0 saturated heterocycles. The lowest BCUT2D eigenvalue weighted by atomic mass is 9.94. The Morgan fingerprint density at radius 1 is 0.282 bits per heavy atom. The van der Waals surface area contributed by atoms with Crippen LogP contribution in [0.2, 0.25) is 0 Å². The first-order chi connectivity index (χ1) is 19.1. The summed E-state index contributed by atoms with van der Waals surface area (Å²) in [6, 6.07) is 44.2. The van der Waals surface area contributed by atoms with E-state index in [1.165, 1.54) is 10.8 Å². The Balaban J connectivity index is 1.40. The van der Waals surface area contributed by atoms with Gasteiger partial charge < -0.3 is 0 Å². The van der Waals surface area contributed by atoms with Gasteiger partial charge in [-0.1, -0.05) is 109 Å². The molecule has 0 spiro atoms. The average molecular weight is 519 g/mol. The highest BCUT2D eigenvalue weighted by Crippen LogP contribution is 2.39. The smallest absolute Gasteiger partial charge is 0.206 e. The molecule has 0 aliphatic heterocycles. The summed E-state index contributed by atoms with van der Waals surface area (Å²) in [4.78, 5) is 0.611.